The number of hydrogen-bond acceptors (Lipinski definition) is 0. The lowest BCUT2D eigenvalue weighted by atomic mass is 10.1. The molecule has 1 rings (SSSR count). The molecule has 1 aromatic rings. The molecule has 1 unspecified atom stereocenters. The van der Waals surface area contributed by atoms with Gasteiger partial charge in [0.2, 0.25) is 0 Å². The Morgan fingerprint density at radius 3 is 2.50 bits per heavy atom. The molecule has 0 fully saturated rings. The predicted octanol–water partition coefficient (Wildman–Crippen LogP) is 3.00. The van der Waals surface area contributed by atoms with Crippen LogP contribution in [0.2, 0.25) is 0 Å². The van der Waals surface area contributed by atoms with Crippen LogP contribution in [0.5, 0.6) is 0 Å². The van der Waals surface area contributed by atoms with E-state index in [1.165, 1.54) is 5.56 Å². The van der Waals surface area contributed by atoms with Gasteiger partial charge in [0.25, 0.3) is 0 Å². The van der Waals surface area contributed by atoms with E-state index in [0.29, 0.717) is 6.42 Å². The van der Waals surface area contributed by atoms with E-state index < -0.39 is 5.56 Å². The fraction of sp³-hybridized carbons (Fsp3) is 0.400. The van der Waals surface area contributed by atoms with Gasteiger partial charge in [-0.05, 0) is 24.8 Å². The normalized spacial score (nSPS) is 12.8. The van der Waals surface area contributed by atoms with Crippen LogP contribution >= 0.6 is 11.6 Å². The summed E-state index contributed by atoms with van der Waals surface area (Å²) in [4.78, 5) is 0. The lowest BCUT2D eigenvalue weighted by Crippen LogP contribution is -1.94. The largest absolute Gasteiger partial charge is 0.216 e. The Morgan fingerprint density at radius 2 is 1.92 bits per heavy atom. The highest BCUT2D eigenvalue weighted by atomic mass is 35.5. The minimum absolute atomic E-state index is 0.552. The summed E-state index contributed by atoms with van der Waals surface area (Å²) in [6, 6.07) is 10.1. The maximum absolute atomic E-state index is 10.5. The molecule has 0 spiro atoms. The molecule has 0 amide bonds. The molecule has 0 saturated carbocycles. The summed E-state index contributed by atoms with van der Waals surface area (Å²) in [7, 11) is 0. The molecular weight excluding hydrogens is 172 g/mol. The molecular formula is C10H12ClO. The number of halogens is 1. The molecule has 12 heavy (non-hydrogen) atoms. The molecule has 0 aliphatic carbocycles. The van der Waals surface area contributed by atoms with Crippen molar-refractivity contribution in [2.24, 2.45) is 0 Å². The summed E-state index contributed by atoms with van der Waals surface area (Å²) >= 11 is 5.29. The number of rotatable bonds is 4. The van der Waals surface area contributed by atoms with E-state index in [1.54, 1.807) is 0 Å². The van der Waals surface area contributed by atoms with E-state index in [2.05, 4.69) is 12.1 Å². The van der Waals surface area contributed by atoms with Gasteiger partial charge < -0.3 is 0 Å². The van der Waals surface area contributed by atoms with E-state index in [1.807, 2.05) is 18.2 Å². The zero-order valence-corrected chi connectivity index (χ0v) is 7.63. The van der Waals surface area contributed by atoms with Gasteiger partial charge in [-0.1, -0.05) is 41.9 Å². The average Bonchev–Trinajstić information content (AvgIpc) is 2.05. The Bertz CT molecular complexity index is 208. The third-order valence-corrected chi connectivity index (χ3v) is 1.96. The Balaban J connectivity index is 2.25. The molecule has 0 aliphatic rings. The first-order valence-corrected chi connectivity index (χ1v) is 4.56. The summed E-state index contributed by atoms with van der Waals surface area (Å²) in [5, 5.41) is 10.5. The van der Waals surface area contributed by atoms with Gasteiger partial charge in [0.05, 0.1) is 0 Å². The molecule has 0 aromatic heterocycles. The molecule has 1 nitrogen and oxygen atoms in total. The van der Waals surface area contributed by atoms with Crippen LogP contribution < -0.4 is 0 Å². The van der Waals surface area contributed by atoms with E-state index in [-0.39, 0.29) is 0 Å². The first-order chi connectivity index (χ1) is 5.79. The molecule has 0 bridgehead atoms. The monoisotopic (exact) mass is 183 g/mol. The van der Waals surface area contributed by atoms with Gasteiger partial charge >= 0.3 is 0 Å². The van der Waals surface area contributed by atoms with Crippen molar-refractivity contribution in [3.05, 3.63) is 35.9 Å². The summed E-state index contributed by atoms with van der Waals surface area (Å²) in [6.45, 7) is 0. The van der Waals surface area contributed by atoms with Crippen molar-refractivity contribution in [2.75, 3.05) is 0 Å². The van der Waals surface area contributed by atoms with Crippen LogP contribution in [0.15, 0.2) is 30.3 Å². The van der Waals surface area contributed by atoms with Crippen molar-refractivity contribution in [1.82, 2.24) is 0 Å². The van der Waals surface area contributed by atoms with E-state index >= 15 is 0 Å². The molecule has 0 heterocycles. The zero-order chi connectivity index (χ0) is 8.81. The fourth-order valence-corrected chi connectivity index (χ4v) is 1.27. The molecule has 1 aromatic carbocycles. The number of hydrogen-bond donors (Lipinski definition) is 0. The first-order valence-electron chi connectivity index (χ1n) is 4.13. The van der Waals surface area contributed by atoms with Crippen molar-refractivity contribution in [2.45, 2.75) is 24.8 Å². The van der Waals surface area contributed by atoms with Crippen molar-refractivity contribution in [3.63, 3.8) is 0 Å². The topological polar surface area (TPSA) is 19.9 Å². The van der Waals surface area contributed by atoms with Crippen LogP contribution in [0.4, 0.5) is 0 Å². The van der Waals surface area contributed by atoms with Gasteiger partial charge in [-0.2, -0.15) is 0 Å². The van der Waals surface area contributed by atoms with Crippen LogP contribution in [0.3, 0.4) is 0 Å². The summed E-state index contributed by atoms with van der Waals surface area (Å²) < 4.78 is 0. The summed E-state index contributed by atoms with van der Waals surface area (Å²) in [5.74, 6) is 0. The molecule has 0 aliphatic heterocycles. The second-order valence-corrected chi connectivity index (χ2v) is 3.27. The van der Waals surface area contributed by atoms with Gasteiger partial charge in [0, 0.05) is 0 Å². The molecule has 2 heteroatoms. The predicted molar refractivity (Wildman–Crippen MR) is 49.7 cm³/mol. The molecule has 65 valence electrons. The SMILES string of the molecule is [O]C(Cl)CCCc1ccccc1. The first kappa shape index (κ1) is 9.56. The smallest absolute Gasteiger partial charge is 0.166 e. The average molecular weight is 184 g/mol. The van der Waals surface area contributed by atoms with Crippen LogP contribution in [0.25, 0.3) is 0 Å². The van der Waals surface area contributed by atoms with Crippen LogP contribution in [-0.4, -0.2) is 5.56 Å². The van der Waals surface area contributed by atoms with E-state index in [0.717, 1.165) is 12.8 Å². The standard InChI is InChI=1S/C10H12ClO/c11-10(12)8-4-7-9-5-2-1-3-6-9/h1-3,5-6,10H,4,7-8H2. The van der Waals surface area contributed by atoms with Crippen molar-refractivity contribution in [3.8, 4) is 0 Å². The van der Waals surface area contributed by atoms with Crippen LogP contribution in [0, 0.1) is 0 Å². The highest BCUT2D eigenvalue weighted by Crippen LogP contribution is 2.08. The highest BCUT2D eigenvalue weighted by molar-refractivity contribution is 6.19. The van der Waals surface area contributed by atoms with E-state index in [4.69, 9.17) is 11.6 Å². The number of benzene rings is 1. The van der Waals surface area contributed by atoms with Gasteiger partial charge in [-0.25, -0.2) is 5.11 Å². The third-order valence-electron chi connectivity index (χ3n) is 1.74. The summed E-state index contributed by atoms with van der Waals surface area (Å²) in [6.07, 6.45) is 2.38. The Morgan fingerprint density at radius 1 is 1.25 bits per heavy atom. The quantitative estimate of drug-likeness (QED) is 0.640. The number of alkyl halides is 1. The lowest BCUT2D eigenvalue weighted by molar-refractivity contribution is 0.149. The van der Waals surface area contributed by atoms with Gasteiger partial charge in [0.1, 0.15) is 0 Å². The Hall–Kier alpha value is -0.530. The highest BCUT2D eigenvalue weighted by Gasteiger charge is 1.99. The minimum atomic E-state index is -0.936. The maximum Gasteiger partial charge on any atom is 0.166 e. The molecule has 0 saturated heterocycles. The number of aryl methyl sites for hydroxylation is 1. The van der Waals surface area contributed by atoms with E-state index in [9.17, 15) is 5.11 Å². The van der Waals surface area contributed by atoms with Gasteiger partial charge in [0.15, 0.2) is 5.56 Å². The molecule has 0 N–H and O–H groups in total. The van der Waals surface area contributed by atoms with Gasteiger partial charge in [-0.15, -0.1) is 0 Å². The Kier molecular flexibility index (Phi) is 4.12. The van der Waals surface area contributed by atoms with Crippen molar-refractivity contribution < 1.29 is 5.11 Å². The maximum atomic E-state index is 10.5. The molecule has 1 atom stereocenters. The fourth-order valence-electron chi connectivity index (χ4n) is 1.11. The van der Waals surface area contributed by atoms with Crippen LogP contribution in [0.1, 0.15) is 18.4 Å². The minimum Gasteiger partial charge on any atom is -0.216 e. The third kappa shape index (κ3) is 3.74. The second-order valence-electron chi connectivity index (χ2n) is 2.79. The Labute approximate surface area is 78.0 Å². The van der Waals surface area contributed by atoms with Gasteiger partial charge in [-0.3, -0.25) is 0 Å². The van der Waals surface area contributed by atoms with Crippen LogP contribution in [-0.2, 0) is 11.5 Å². The lowest BCUT2D eigenvalue weighted by Gasteiger charge is -2.00. The molecule has 1 radical (unpaired) electrons. The second kappa shape index (κ2) is 5.18. The van der Waals surface area contributed by atoms with Crippen molar-refractivity contribution >= 4 is 11.6 Å². The van der Waals surface area contributed by atoms with Crippen molar-refractivity contribution in [1.29, 1.82) is 0 Å². The summed E-state index contributed by atoms with van der Waals surface area (Å²) in [5.41, 5.74) is 0.337. The zero-order valence-electron chi connectivity index (χ0n) is 6.87.